The van der Waals surface area contributed by atoms with Crippen molar-refractivity contribution >= 4 is 40.2 Å². The molecule has 0 aromatic heterocycles. The number of benzene rings is 4. The van der Waals surface area contributed by atoms with Gasteiger partial charge < -0.3 is 9.64 Å². The minimum absolute atomic E-state index is 0.0221. The van der Waals surface area contributed by atoms with Crippen molar-refractivity contribution in [3.05, 3.63) is 94.8 Å². The second-order valence-corrected chi connectivity index (χ2v) is 15.8. The van der Waals surface area contributed by atoms with Crippen LogP contribution in [0.5, 0.6) is 11.5 Å². The topological polar surface area (TPSA) is 12.5 Å². The zero-order chi connectivity index (χ0) is 41.7. The predicted molar refractivity (Wildman–Crippen MR) is 187 cm³/mol. The maximum Gasteiger partial charge on any atom is 0.256 e. The lowest BCUT2D eigenvalue weighted by Crippen LogP contribution is -2.59. The van der Waals surface area contributed by atoms with Gasteiger partial charge in [0.1, 0.15) is 11.5 Å². The molecular weight excluding hydrogens is 521 g/mol. The first-order valence-electron chi connectivity index (χ1n) is 20.9. The van der Waals surface area contributed by atoms with E-state index in [0.29, 0.717) is 11.1 Å². The largest absolute Gasteiger partial charge is 0.458 e. The van der Waals surface area contributed by atoms with Gasteiger partial charge in [0.05, 0.1) is 16.4 Å². The minimum atomic E-state index is -1.26. The number of hydrogen-bond acceptors (Lipinski definition) is 2. The van der Waals surface area contributed by atoms with Crippen LogP contribution in [0.25, 0.3) is 0 Å². The van der Waals surface area contributed by atoms with Gasteiger partial charge in [-0.1, -0.05) is 119 Å². The predicted octanol–water partition coefficient (Wildman–Crippen LogP) is 9.28. The van der Waals surface area contributed by atoms with Crippen molar-refractivity contribution in [3.63, 3.8) is 0 Å². The molecule has 2 aliphatic heterocycles. The highest BCUT2D eigenvalue weighted by Crippen LogP contribution is 2.44. The zero-order valence-corrected chi connectivity index (χ0v) is 27.4. The molecule has 43 heavy (non-hydrogen) atoms. The van der Waals surface area contributed by atoms with Crippen molar-refractivity contribution in [2.75, 3.05) is 4.90 Å². The van der Waals surface area contributed by atoms with Gasteiger partial charge in [0.15, 0.2) is 0 Å². The molecule has 4 aromatic rings. The molecule has 3 heteroatoms. The van der Waals surface area contributed by atoms with E-state index in [4.69, 9.17) is 10.2 Å². The summed E-state index contributed by atoms with van der Waals surface area (Å²) in [6.45, 7) is 20.8. The van der Waals surface area contributed by atoms with Crippen LogP contribution in [-0.4, -0.2) is 6.71 Å². The zero-order valence-electron chi connectivity index (χ0n) is 39.4. The molecule has 0 radical (unpaired) electrons. The highest BCUT2D eigenvalue weighted by Gasteiger charge is 2.42. The first kappa shape index (κ1) is 18.4. The Morgan fingerprint density at radius 3 is 1.67 bits per heavy atom. The Hall–Kier alpha value is -3.46. The van der Waals surface area contributed by atoms with Gasteiger partial charge in [-0.15, -0.1) is 0 Å². The summed E-state index contributed by atoms with van der Waals surface area (Å²) in [4.78, 5) is 1.39. The van der Waals surface area contributed by atoms with Crippen LogP contribution in [0.3, 0.4) is 0 Å². The SMILES string of the molecule is [2H]c1c([2H])c2c3c(c1[2H])N(c1c([2H])c(C(C)(C)C)c([2H])c(C(C)(C)C)c1[2H])c1c([2H])c(C(C)(C)C)c([2H])c([2H])c1B3c1c([2H])c(C(C)(C)C)c([2H])c([2H])c1O2. The van der Waals surface area contributed by atoms with Crippen molar-refractivity contribution in [1.82, 2.24) is 0 Å². The van der Waals surface area contributed by atoms with Gasteiger partial charge in [-0.2, -0.15) is 0 Å². The normalized spacial score (nSPS) is 18.5. The fourth-order valence-electron chi connectivity index (χ4n) is 5.34. The van der Waals surface area contributed by atoms with Crippen LogP contribution in [0.2, 0.25) is 0 Å². The molecule has 0 bridgehead atoms. The van der Waals surface area contributed by atoms with E-state index in [2.05, 4.69) is 0 Å². The Labute approximate surface area is 277 Å². The molecule has 0 fully saturated rings. The summed E-state index contributed by atoms with van der Waals surface area (Å²) in [5.41, 5.74) is -2.18. The average molecular weight is 582 g/mol. The molecule has 222 valence electrons. The van der Waals surface area contributed by atoms with Crippen molar-refractivity contribution in [1.29, 1.82) is 0 Å². The summed E-state index contributed by atoms with van der Waals surface area (Å²) in [6.07, 6.45) is 0. The Kier molecular flexibility index (Phi) is 4.07. The van der Waals surface area contributed by atoms with Crippen LogP contribution in [0, 0.1) is 0 Å². The Morgan fingerprint density at radius 1 is 0.535 bits per heavy atom. The van der Waals surface area contributed by atoms with Crippen molar-refractivity contribution < 1.29 is 21.2 Å². The Balaban J connectivity index is 1.99. The molecule has 2 heterocycles. The van der Waals surface area contributed by atoms with Gasteiger partial charge in [-0.05, 0) is 96.6 Å². The van der Waals surface area contributed by atoms with Crippen LogP contribution in [0.1, 0.15) is 122 Å². The maximum absolute atomic E-state index is 9.94. The summed E-state index contributed by atoms with van der Waals surface area (Å²) in [5.74, 6) is -0.445. The summed E-state index contributed by atoms with van der Waals surface area (Å²) in [6, 6.07) is -3.48. The van der Waals surface area contributed by atoms with Crippen LogP contribution in [-0.2, 0) is 21.7 Å². The van der Waals surface area contributed by atoms with Crippen LogP contribution >= 0.6 is 0 Å². The minimum Gasteiger partial charge on any atom is -0.458 e. The van der Waals surface area contributed by atoms with Crippen molar-refractivity contribution in [3.8, 4) is 11.5 Å². The number of nitrogens with zero attached hydrogens (tertiary/aromatic N) is 1. The molecule has 2 aliphatic rings. The van der Waals surface area contributed by atoms with Crippen LogP contribution in [0.4, 0.5) is 17.1 Å². The first-order valence-corrected chi connectivity index (χ1v) is 14.9. The molecule has 6 rings (SSSR count). The van der Waals surface area contributed by atoms with Gasteiger partial charge in [-0.3, -0.25) is 0 Å². The van der Waals surface area contributed by atoms with E-state index in [-0.39, 0.29) is 110 Å². The van der Waals surface area contributed by atoms with E-state index in [9.17, 15) is 11.0 Å². The van der Waals surface area contributed by atoms with Gasteiger partial charge in [0.25, 0.3) is 6.71 Å². The van der Waals surface area contributed by atoms with Gasteiger partial charge >= 0.3 is 0 Å². The molecule has 0 amide bonds. The van der Waals surface area contributed by atoms with E-state index in [0.717, 1.165) is 0 Å². The highest BCUT2D eigenvalue weighted by atomic mass is 16.5. The third kappa shape index (κ3) is 5.09. The molecule has 0 aliphatic carbocycles. The summed E-state index contributed by atoms with van der Waals surface area (Å²) >= 11 is 0. The fraction of sp³-hybridized carbons (Fsp3) is 0.400. The third-order valence-electron chi connectivity index (χ3n) is 7.96. The van der Waals surface area contributed by atoms with E-state index in [1.807, 2.05) is 83.1 Å². The summed E-state index contributed by atoms with van der Waals surface area (Å²) < 4.78 is 120. The van der Waals surface area contributed by atoms with Gasteiger partial charge in [0, 0.05) is 17.1 Å². The van der Waals surface area contributed by atoms with Gasteiger partial charge in [0.2, 0.25) is 0 Å². The molecular formula is C40H48BNO. The molecule has 0 spiro atoms. The van der Waals surface area contributed by atoms with Crippen LogP contribution < -0.4 is 26.0 Å². The molecule has 2 nitrogen and oxygen atoms in total. The molecule has 0 atom stereocenters. The number of hydrogen-bond donors (Lipinski definition) is 0. The molecule has 0 N–H and O–H groups in total. The number of anilines is 3. The summed E-state index contributed by atoms with van der Waals surface area (Å²) in [7, 11) is 0. The molecule has 0 saturated carbocycles. The molecule has 0 unspecified atom stereocenters. The van der Waals surface area contributed by atoms with Crippen molar-refractivity contribution in [2.24, 2.45) is 0 Å². The second-order valence-electron chi connectivity index (χ2n) is 15.8. The monoisotopic (exact) mass is 581 g/mol. The van der Waals surface area contributed by atoms with Crippen LogP contribution in [0.15, 0.2) is 72.5 Å². The number of fused-ring (bicyclic) bond motifs is 4. The Morgan fingerprint density at radius 2 is 1.09 bits per heavy atom. The highest BCUT2D eigenvalue weighted by molar-refractivity contribution is 6.99. The molecule has 0 saturated heterocycles. The van der Waals surface area contributed by atoms with Crippen molar-refractivity contribution in [2.45, 2.75) is 105 Å². The third-order valence-corrected chi connectivity index (χ3v) is 7.96. The standard InChI is InChI=1S/C40H48BNO/c1-37(2,3)25-17-19-34-31(23-25)41-30-18-16-26(38(4,5)6)24-33(30)42(32-14-13-15-35(43-34)36(32)41)29-21-27(39(7,8)9)20-28(22-29)40(10,11)12/h13-24H,1-12H3/i13D,14D,15D,16D,17D,18D,19D,20D,21D,22D,23D,24D. The Bertz CT molecular complexity index is 2340. The van der Waals surface area contributed by atoms with E-state index in [1.165, 1.54) is 4.90 Å². The van der Waals surface area contributed by atoms with E-state index in [1.54, 1.807) is 0 Å². The van der Waals surface area contributed by atoms with Gasteiger partial charge in [-0.25, -0.2) is 0 Å². The number of ether oxygens (including phenoxy) is 1. The average Bonchev–Trinajstić information content (AvgIpc) is 3.00. The fourth-order valence-corrected chi connectivity index (χ4v) is 5.34. The molecule has 4 aromatic carbocycles. The van der Waals surface area contributed by atoms with E-state index >= 15 is 0 Å². The lowest BCUT2D eigenvalue weighted by atomic mass is 9.34. The smallest absolute Gasteiger partial charge is 0.256 e. The maximum atomic E-state index is 9.94. The first-order chi connectivity index (χ1) is 24.9. The second kappa shape index (κ2) is 9.52. The lowest BCUT2D eigenvalue weighted by Gasteiger charge is -2.41. The quantitative estimate of drug-likeness (QED) is 0.180. The number of rotatable bonds is 1. The van der Waals surface area contributed by atoms with E-state index < -0.39 is 46.5 Å². The lowest BCUT2D eigenvalue weighted by molar-refractivity contribution is 0.486. The summed E-state index contributed by atoms with van der Waals surface area (Å²) in [5, 5.41) is 0.